The van der Waals surface area contributed by atoms with Crippen LogP contribution in [0.25, 0.3) is 0 Å². The lowest BCUT2D eigenvalue weighted by molar-refractivity contribution is -0.263. The minimum absolute atomic E-state index is 0.0693. The second-order valence-electron chi connectivity index (χ2n) is 5.12. The van der Waals surface area contributed by atoms with Gasteiger partial charge in [0.25, 0.3) is 0 Å². The Morgan fingerprint density at radius 2 is 1.94 bits per heavy atom. The largest absolute Gasteiger partial charge is 0.366 e. The molecule has 0 unspecified atom stereocenters. The molecular formula is C15H22O3. The van der Waals surface area contributed by atoms with Crippen LogP contribution in [0, 0.1) is 6.92 Å². The zero-order chi connectivity index (χ0) is 13.0. The molecule has 0 aromatic heterocycles. The van der Waals surface area contributed by atoms with Gasteiger partial charge in [-0.1, -0.05) is 31.2 Å². The Kier molecular flexibility index (Phi) is 4.38. The molecule has 1 aromatic carbocycles. The lowest BCUT2D eigenvalue weighted by atomic mass is 10.1. The van der Waals surface area contributed by atoms with Crippen LogP contribution >= 0.6 is 0 Å². The Balaban J connectivity index is 1.88. The predicted molar refractivity (Wildman–Crippen MR) is 70.4 cm³/mol. The molecule has 0 atom stereocenters. The first-order valence-corrected chi connectivity index (χ1v) is 6.54. The molecule has 0 N–H and O–H groups in total. The van der Waals surface area contributed by atoms with Crippen molar-refractivity contribution in [2.75, 3.05) is 13.2 Å². The summed E-state index contributed by atoms with van der Waals surface area (Å²) in [5.74, 6) is 0. The zero-order valence-corrected chi connectivity index (χ0v) is 11.4. The minimum atomic E-state index is -0.339. The average Bonchev–Trinajstić information content (AvgIpc) is 2.39. The summed E-state index contributed by atoms with van der Waals surface area (Å²) >= 11 is 0. The van der Waals surface area contributed by atoms with Gasteiger partial charge in [0.1, 0.15) is 5.60 Å². The summed E-state index contributed by atoms with van der Waals surface area (Å²) in [6.07, 6.45) is 0.813. The molecule has 1 saturated heterocycles. The van der Waals surface area contributed by atoms with E-state index in [9.17, 15) is 0 Å². The van der Waals surface area contributed by atoms with E-state index in [-0.39, 0.29) is 11.9 Å². The summed E-state index contributed by atoms with van der Waals surface area (Å²) in [5, 5.41) is 0. The second-order valence-corrected chi connectivity index (χ2v) is 5.12. The van der Waals surface area contributed by atoms with Crippen LogP contribution in [0.1, 0.15) is 31.4 Å². The first kappa shape index (κ1) is 13.5. The lowest BCUT2D eigenvalue weighted by Crippen LogP contribution is -2.46. The Labute approximate surface area is 109 Å². The fourth-order valence-electron chi connectivity index (χ4n) is 1.97. The topological polar surface area (TPSA) is 27.7 Å². The highest BCUT2D eigenvalue weighted by molar-refractivity contribution is 5.24. The molecule has 1 fully saturated rings. The molecule has 3 heteroatoms. The maximum atomic E-state index is 5.98. The molecule has 0 saturated carbocycles. The van der Waals surface area contributed by atoms with Crippen LogP contribution in [-0.2, 0) is 20.8 Å². The summed E-state index contributed by atoms with van der Waals surface area (Å²) in [7, 11) is 0. The maximum Gasteiger partial charge on any atom is 0.157 e. The van der Waals surface area contributed by atoms with Gasteiger partial charge >= 0.3 is 0 Å². The van der Waals surface area contributed by atoms with E-state index < -0.39 is 0 Å². The second kappa shape index (κ2) is 5.83. The van der Waals surface area contributed by atoms with Crippen molar-refractivity contribution in [1.82, 2.24) is 0 Å². The Morgan fingerprint density at radius 1 is 1.28 bits per heavy atom. The standard InChI is InChI=1S/C15H22O3/c1-4-14-16-10-15(3,11-17-14)18-9-13-8-6-5-7-12(13)2/h5-8,14H,4,9-11H2,1-3H3/t14-,15+. The molecule has 1 aliphatic heterocycles. The Morgan fingerprint density at radius 3 is 2.56 bits per heavy atom. The van der Waals surface area contributed by atoms with Gasteiger partial charge in [0, 0.05) is 0 Å². The average molecular weight is 250 g/mol. The van der Waals surface area contributed by atoms with Crippen LogP contribution in [0.5, 0.6) is 0 Å². The zero-order valence-electron chi connectivity index (χ0n) is 11.4. The molecule has 0 spiro atoms. The molecule has 1 aliphatic rings. The van der Waals surface area contributed by atoms with Crippen molar-refractivity contribution in [2.24, 2.45) is 0 Å². The molecule has 0 amide bonds. The fourth-order valence-corrected chi connectivity index (χ4v) is 1.97. The van der Waals surface area contributed by atoms with Crippen molar-refractivity contribution >= 4 is 0 Å². The summed E-state index contributed by atoms with van der Waals surface area (Å²) in [6, 6.07) is 8.27. The highest BCUT2D eigenvalue weighted by atomic mass is 16.7. The van der Waals surface area contributed by atoms with Crippen LogP contribution in [0.2, 0.25) is 0 Å². The van der Waals surface area contributed by atoms with Gasteiger partial charge in [-0.25, -0.2) is 0 Å². The van der Waals surface area contributed by atoms with E-state index in [4.69, 9.17) is 14.2 Å². The SMILES string of the molecule is CC[C@H]1OC[C@@](C)(OCc2ccccc2C)CO1. The van der Waals surface area contributed by atoms with E-state index in [1.165, 1.54) is 11.1 Å². The molecular weight excluding hydrogens is 228 g/mol. The van der Waals surface area contributed by atoms with Gasteiger partial charge in [0.2, 0.25) is 0 Å². The first-order valence-electron chi connectivity index (χ1n) is 6.54. The normalized spacial score (nSPS) is 28.3. The minimum Gasteiger partial charge on any atom is -0.366 e. The molecule has 2 rings (SSSR count). The van der Waals surface area contributed by atoms with Crippen LogP contribution in [0.3, 0.4) is 0 Å². The quantitative estimate of drug-likeness (QED) is 0.822. The third-order valence-electron chi connectivity index (χ3n) is 3.32. The van der Waals surface area contributed by atoms with Crippen molar-refractivity contribution in [3.63, 3.8) is 0 Å². The molecule has 0 aliphatic carbocycles. The summed E-state index contributed by atoms with van der Waals surface area (Å²) in [4.78, 5) is 0. The number of hydrogen-bond acceptors (Lipinski definition) is 3. The van der Waals surface area contributed by atoms with Gasteiger partial charge in [-0.15, -0.1) is 0 Å². The number of aryl methyl sites for hydroxylation is 1. The van der Waals surface area contributed by atoms with Crippen LogP contribution < -0.4 is 0 Å². The summed E-state index contributed by atoms with van der Waals surface area (Å²) in [5.41, 5.74) is 2.13. The molecule has 0 radical (unpaired) electrons. The van der Waals surface area contributed by atoms with Gasteiger partial charge in [-0.3, -0.25) is 0 Å². The van der Waals surface area contributed by atoms with Crippen molar-refractivity contribution in [2.45, 2.75) is 45.7 Å². The third-order valence-corrected chi connectivity index (χ3v) is 3.32. The van der Waals surface area contributed by atoms with E-state index >= 15 is 0 Å². The smallest absolute Gasteiger partial charge is 0.157 e. The number of ether oxygens (including phenoxy) is 3. The number of hydrogen-bond donors (Lipinski definition) is 0. The van der Waals surface area contributed by atoms with Gasteiger partial charge < -0.3 is 14.2 Å². The maximum absolute atomic E-state index is 5.98. The number of rotatable bonds is 4. The Bertz CT molecular complexity index is 381. The predicted octanol–water partition coefficient (Wildman–Crippen LogP) is 3.05. The van der Waals surface area contributed by atoms with Crippen molar-refractivity contribution in [1.29, 1.82) is 0 Å². The van der Waals surface area contributed by atoms with Gasteiger partial charge in [-0.2, -0.15) is 0 Å². The monoisotopic (exact) mass is 250 g/mol. The van der Waals surface area contributed by atoms with Gasteiger partial charge in [0.05, 0.1) is 19.8 Å². The molecule has 3 nitrogen and oxygen atoms in total. The van der Waals surface area contributed by atoms with Crippen LogP contribution in [-0.4, -0.2) is 25.1 Å². The van der Waals surface area contributed by atoms with Gasteiger partial charge in [0.15, 0.2) is 6.29 Å². The molecule has 100 valence electrons. The highest BCUT2D eigenvalue weighted by Crippen LogP contribution is 2.22. The van der Waals surface area contributed by atoms with Gasteiger partial charge in [-0.05, 0) is 31.4 Å². The summed E-state index contributed by atoms with van der Waals surface area (Å²) in [6.45, 7) is 7.99. The van der Waals surface area contributed by atoms with E-state index in [1.807, 2.05) is 19.1 Å². The molecule has 18 heavy (non-hydrogen) atoms. The van der Waals surface area contributed by atoms with Crippen LogP contribution in [0.15, 0.2) is 24.3 Å². The van der Waals surface area contributed by atoms with E-state index in [0.717, 1.165) is 6.42 Å². The van der Waals surface area contributed by atoms with E-state index in [1.54, 1.807) is 0 Å². The first-order chi connectivity index (χ1) is 8.63. The highest BCUT2D eigenvalue weighted by Gasteiger charge is 2.33. The van der Waals surface area contributed by atoms with E-state index in [2.05, 4.69) is 26.0 Å². The van der Waals surface area contributed by atoms with Crippen molar-refractivity contribution in [3.05, 3.63) is 35.4 Å². The lowest BCUT2D eigenvalue weighted by Gasteiger charge is -2.37. The molecule has 1 aromatic rings. The third kappa shape index (κ3) is 3.31. The Hall–Kier alpha value is -0.900. The van der Waals surface area contributed by atoms with Crippen LogP contribution in [0.4, 0.5) is 0 Å². The fraction of sp³-hybridized carbons (Fsp3) is 0.600. The van der Waals surface area contributed by atoms with Crippen molar-refractivity contribution < 1.29 is 14.2 Å². The number of benzene rings is 1. The van der Waals surface area contributed by atoms with Crippen molar-refractivity contribution in [3.8, 4) is 0 Å². The molecule has 0 bridgehead atoms. The van der Waals surface area contributed by atoms with E-state index in [0.29, 0.717) is 19.8 Å². The molecule has 1 heterocycles. The summed E-state index contributed by atoms with van der Waals surface area (Å²) < 4.78 is 17.2.